The molecule has 3 aromatic rings. The average Bonchev–Trinajstić information content (AvgIpc) is 3.33. The van der Waals surface area contributed by atoms with Crippen molar-refractivity contribution in [2.45, 2.75) is 57.6 Å². The van der Waals surface area contributed by atoms with Gasteiger partial charge in [-0.15, -0.1) is 0 Å². The van der Waals surface area contributed by atoms with Crippen molar-refractivity contribution in [3.05, 3.63) is 83.9 Å². The first-order valence-electron chi connectivity index (χ1n) is 14.9. The Bertz CT molecular complexity index is 1510. The van der Waals surface area contributed by atoms with Gasteiger partial charge in [0.2, 0.25) is 17.9 Å². The van der Waals surface area contributed by atoms with Crippen LogP contribution in [0.25, 0.3) is 10.8 Å². The largest absolute Gasteiger partial charge is 0.430 e. The van der Waals surface area contributed by atoms with E-state index in [1.807, 2.05) is 79.7 Å². The van der Waals surface area contributed by atoms with E-state index in [0.29, 0.717) is 32.4 Å². The predicted molar refractivity (Wildman–Crippen MR) is 161 cm³/mol. The van der Waals surface area contributed by atoms with Crippen LogP contribution in [0.1, 0.15) is 43.7 Å². The van der Waals surface area contributed by atoms with Crippen molar-refractivity contribution in [3.63, 3.8) is 0 Å². The zero-order chi connectivity index (χ0) is 30.4. The van der Waals surface area contributed by atoms with E-state index in [0.717, 1.165) is 21.9 Å². The van der Waals surface area contributed by atoms with Crippen molar-refractivity contribution >= 4 is 40.2 Å². The Balaban J connectivity index is 1.40. The van der Waals surface area contributed by atoms with Crippen LogP contribution in [0.5, 0.6) is 0 Å². The lowest BCUT2D eigenvalue weighted by atomic mass is 9.74. The number of alkyl carbamates (subject to hydrolysis) is 1. The number of likely N-dealkylation sites (tertiary alicyclic amines) is 1. The van der Waals surface area contributed by atoms with Crippen LogP contribution in [0.2, 0.25) is 0 Å². The maximum Gasteiger partial charge on any atom is 0.408 e. The molecule has 1 aliphatic carbocycles. The van der Waals surface area contributed by atoms with Crippen LogP contribution >= 0.6 is 0 Å². The molecule has 1 saturated carbocycles. The van der Waals surface area contributed by atoms with Crippen molar-refractivity contribution in [1.82, 2.24) is 15.5 Å². The molecule has 1 unspecified atom stereocenters. The number of benzene rings is 3. The molecule has 1 saturated heterocycles. The fraction of sp³-hybridized carbons (Fsp3) is 0.382. The molecule has 2 aliphatic rings. The van der Waals surface area contributed by atoms with Gasteiger partial charge in [-0.25, -0.2) is 4.79 Å². The van der Waals surface area contributed by atoms with Crippen molar-refractivity contribution in [1.29, 1.82) is 0 Å². The molecule has 0 radical (unpaired) electrons. The van der Waals surface area contributed by atoms with E-state index in [1.54, 1.807) is 4.90 Å². The van der Waals surface area contributed by atoms with Gasteiger partial charge in [-0.2, -0.15) is 0 Å². The standard InChI is InChI=1S/C34H37N3O6/c1-2-35-32(41)34(21-23-9-4-3-5-10-23)17-8-18-37(22-34)31(40)27(36-33(42)43-30-28(38)15-16-29(30)39)20-24-13-14-25-11-6-7-12-26(25)19-24/h3-7,9-14,19,27,30H,2,8,15-18,20-22H2,1H3,(H,35,41)(H,36,42)/t27?,34-/m0/s1. The zero-order valence-corrected chi connectivity index (χ0v) is 24.3. The van der Waals surface area contributed by atoms with Gasteiger partial charge in [0.25, 0.3) is 0 Å². The molecule has 0 aromatic heterocycles. The Morgan fingerprint density at radius 2 is 1.63 bits per heavy atom. The number of Topliss-reactive ketones (excluding diaryl/α,β-unsaturated/α-hetero) is 2. The number of amides is 3. The Kier molecular flexibility index (Phi) is 9.19. The molecule has 2 atom stereocenters. The van der Waals surface area contributed by atoms with Gasteiger partial charge in [-0.05, 0) is 48.1 Å². The lowest BCUT2D eigenvalue weighted by molar-refractivity contribution is -0.142. The third-order valence-electron chi connectivity index (χ3n) is 8.36. The summed E-state index contributed by atoms with van der Waals surface area (Å²) in [7, 11) is 0. The Hall–Kier alpha value is -4.53. The topological polar surface area (TPSA) is 122 Å². The summed E-state index contributed by atoms with van der Waals surface area (Å²) < 4.78 is 5.22. The van der Waals surface area contributed by atoms with E-state index < -0.39 is 35.2 Å². The summed E-state index contributed by atoms with van der Waals surface area (Å²) in [5, 5.41) is 7.66. The Morgan fingerprint density at radius 1 is 0.930 bits per heavy atom. The van der Waals surface area contributed by atoms with E-state index in [1.165, 1.54) is 0 Å². The number of nitrogens with zero attached hydrogens (tertiary/aromatic N) is 1. The molecule has 9 nitrogen and oxygen atoms in total. The molecular weight excluding hydrogens is 546 g/mol. The van der Waals surface area contributed by atoms with Gasteiger partial charge >= 0.3 is 6.09 Å². The number of rotatable bonds is 9. The van der Waals surface area contributed by atoms with Crippen LogP contribution in [0.4, 0.5) is 4.79 Å². The number of ketones is 2. The molecule has 1 aliphatic heterocycles. The van der Waals surface area contributed by atoms with Crippen LogP contribution in [-0.2, 0) is 36.8 Å². The van der Waals surface area contributed by atoms with Crippen molar-refractivity contribution in [2.75, 3.05) is 19.6 Å². The van der Waals surface area contributed by atoms with Gasteiger partial charge in [-0.1, -0.05) is 72.8 Å². The molecule has 43 heavy (non-hydrogen) atoms. The van der Waals surface area contributed by atoms with Crippen LogP contribution in [0.3, 0.4) is 0 Å². The summed E-state index contributed by atoms with van der Waals surface area (Å²) in [6.45, 7) is 2.96. The summed E-state index contributed by atoms with van der Waals surface area (Å²) in [4.78, 5) is 66.5. The highest BCUT2D eigenvalue weighted by molar-refractivity contribution is 6.12. The molecule has 0 bridgehead atoms. The molecule has 0 spiro atoms. The van der Waals surface area contributed by atoms with Crippen LogP contribution in [0, 0.1) is 5.41 Å². The quantitative estimate of drug-likeness (QED) is 0.370. The smallest absolute Gasteiger partial charge is 0.408 e. The number of carbonyl (C=O) groups is 5. The highest BCUT2D eigenvalue weighted by Gasteiger charge is 2.45. The molecule has 9 heteroatoms. The summed E-state index contributed by atoms with van der Waals surface area (Å²) in [6.07, 6.45) is -0.496. The first kappa shape index (κ1) is 29.9. The van der Waals surface area contributed by atoms with Crippen LogP contribution in [-0.4, -0.2) is 66.2 Å². The van der Waals surface area contributed by atoms with Gasteiger partial charge in [0.05, 0.1) is 5.41 Å². The lowest BCUT2D eigenvalue weighted by Gasteiger charge is -2.43. The Morgan fingerprint density at radius 3 is 2.35 bits per heavy atom. The maximum absolute atomic E-state index is 14.2. The van der Waals surface area contributed by atoms with Crippen molar-refractivity contribution < 1.29 is 28.7 Å². The van der Waals surface area contributed by atoms with Crippen molar-refractivity contribution in [3.8, 4) is 0 Å². The van der Waals surface area contributed by atoms with Crippen LogP contribution < -0.4 is 10.6 Å². The highest BCUT2D eigenvalue weighted by Crippen LogP contribution is 2.35. The SMILES string of the molecule is CCNC(=O)[C@]1(Cc2ccccc2)CCCN(C(=O)C(Cc2ccc3ccccc3c2)NC(=O)OC2C(=O)CCC2=O)C1. The minimum Gasteiger partial charge on any atom is -0.430 e. The van der Waals surface area contributed by atoms with Gasteiger partial charge in [-0.3, -0.25) is 19.2 Å². The van der Waals surface area contributed by atoms with E-state index in [9.17, 15) is 24.0 Å². The number of carbonyl (C=O) groups excluding carboxylic acids is 5. The number of fused-ring (bicyclic) bond motifs is 1. The maximum atomic E-state index is 14.2. The Labute approximate surface area is 251 Å². The summed E-state index contributed by atoms with van der Waals surface area (Å²) in [6, 6.07) is 22.4. The molecule has 2 N–H and O–H groups in total. The predicted octanol–water partition coefficient (Wildman–Crippen LogP) is 3.77. The van der Waals surface area contributed by atoms with E-state index in [-0.39, 0.29) is 37.6 Å². The monoisotopic (exact) mass is 583 g/mol. The third kappa shape index (κ3) is 6.93. The number of piperidine rings is 1. The van der Waals surface area contributed by atoms with Gasteiger partial charge in [0.15, 0.2) is 11.6 Å². The molecule has 3 aromatic carbocycles. The second-order valence-corrected chi connectivity index (χ2v) is 11.5. The lowest BCUT2D eigenvalue weighted by Crippen LogP contribution is -2.58. The summed E-state index contributed by atoms with van der Waals surface area (Å²) in [5.74, 6) is -1.34. The first-order valence-corrected chi connectivity index (χ1v) is 14.9. The number of ether oxygens (including phenoxy) is 1. The zero-order valence-electron chi connectivity index (χ0n) is 24.3. The minimum atomic E-state index is -1.44. The molecule has 1 heterocycles. The van der Waals surface area contributed by atoms with E-state index in [2.05, 4.69) is 10.6 Å². The van der Waals surface area contributed by atoms with E-state index >= 15 is 0 Å². The number of hydrogen-bond donors (Lipinski definition) is 2. The van der Waals surface area contributed by atoms with E-state index in [4.69, 9.17) is 4.74 Å². The molecule has 5 rings (SSSR count). The van der Waals surface area contributed by atoms with Gasteiger partial charge < -0.3 is 20.3 Å². The highest BCUT2D eigenvalue weighted by atomic mass is 16.6. The summed E-state index contributed by atoms with van der Waals surface area (Å²) in [5.41, 5.74) is 0.993. The fourth-order valence-electron chi connectivity index (χ4n) is 6.19. The van der Waals surface area contributed by atoms with Crippen molar-refractivity contribution in [2.24, 2.45) is 5.41 Å². The first-order chi connectivity index (χ1) is 20.8. The third-order valence-corrected chi connectivity index (χ3v) is 8.36. The number of hydrogen-bond acceptors (Lipinski definition) is 6. The normalized spacial score (nSPS) is 19.7. The van der Waals surface area contributed by atoms with Crippen LogP contribution in [0.15, 0.2) is 72.8 Å². The second kappa shape index (κ2) is 13.2. The van der Waals surface area contributed by atoms with Gasteiger partial charge in [0.1, 0.15) is 6.04 Å². The fourth-order valence-corrected chi connectivity index (χ4v) is 6.19. The minimum absolute atomic E-state index is 0.0350. The molecule has 224 valence electrons. The summed E-state index contributed by atoms with van der Waals surface area (Å²) >= 11 is 0. The molecule has 3 amide bonds. The number of nitrogens with one attached hydrogen (secondary N) is 2. The molecular formula is C34H37N3O6. The van der Waals surface area contributed by atoms with Gasteiger partial charge in [0, 0.05) is 38.9 Å². The molecule has 2 fully saturated rings. The second-order valence-electron chi connectivity index (χ2n) is 11.5. The average molecular weight is 584 g/mol.